The molecule has 29 heavy (non-hydrogen) atoms. The van der Waals surface area contributed by atoms with Crippen LogP contribution >= 0.6 is 0 Å². The van der Waals surface area contributed by atoms with Gasteiger partial charge in [0.1, 0.15) is 18.2 Å². The van der Waals surface area contributed by atoms with Gasteiger partial charge in [-0.2, -0.15) is 0 Å². The van der Waals surface area contributed by atoms with E-state index in [2.05, 4.69) is 11.4 Å². The Morgan fingerprint density at radius 1 is 1.10 bits per heavy atom. The van der Waals surface area contributed by atoms with Gasteiger partial charge in [-0.3, -0.25) is 4.79 Å². The number of rotatable bonds is 3. The van der Waals surface area contributed by atoms with E-state index in [1.807, 2.05) is 0 Å². The first-order chi connectivity index (χ1) is 14.0. The van der Waals surface area contributed by atoms with Gasteiger partial charge in [-0.15, -0.1) is 0 Å². The summed E-state index contributed by atoms with van der Waals surface area (Å²) in [6, 6.07) is 10.1. The summed E-state index contributed by atoms with van der Waals surface area (Å²) in [5.74, 6) is -0.537. The van der Waals surface area contributed by atoms with Crippen molar-refractivity contribution in [2.24, 2.45) is 5.92 Å². The van der Waals surface area contributed by atoms with E-state index in [9.17, 15) is 18.4 Å². The van der Waals surface area contributed by atoms with Crippen molar-refractivity contribution < 1.29 is 18.4 Å². The lowest BCUT2D eigenvalue weighted by Crippen LogP contribution is -2.48. The molecule has 1 saturated heterocycles. The van der Waals surface area contributed by atoms with Crippen molar-refractivity contribution in [2.45, 2.75) is 19.0 Å². The van der Waals surface area contributed by atoms with Crippen LogP contribution in [0.1, 0.15) is 17.5 Å². The molecule has 3 amide bonds. The summed E-state index contributed by atoms with van der Waals surface area (Å²) < 4.78 is 26.8. The topological polar surface area (TPSA) is 52.7 Å². The van der Waals surface area contributed by atoms with Crippen LogP contribution in [0.3, 0.4) is 0 Å². The third-order valence-electron chi connectivity index (χ3n) is 5.89. The molecule has 3 aliphatic rings. The predicted molar refractivity (Wildman–Crippen MR) is 104 cm³/mol. The van der Waals surface area contributed by atoms with Gasteiger partial charge in [0.2, 0.25) is 5.91 Å². The number of anilines is 1. The van der Waals surface area contributed by atoms with Gasteiger partial charge in [0.05, 0.1) is 12.6 Å². The zero-order valence-corrected chi connectivity index (χ0v) is 15.6. The summed E-state index contributed by atoms with van der Waals surface area (Å²) in [7, 11) is 0. The van der Waals surface area contributed by atoms with E-state index in [4.69, 9.17) is 0 Å². The molecule has 148 valence electrons. The fourth-order valence-electron chi connectivity index (χ4n) is 4.52. The number of carbonyl (C=O) groups excluding carboxylic acids is 2. The molecule has 2 heterocycles. The van der Waals surface area contributed by atoms with Gasteiger partial charge in [-0.25, -0.2) is 13.6 Å². The van der Waals surface area contributed by atoms with Gasteiger partial charge >= 0.3 is 6.03 Å². The number of amides is 3. The van der Waals surface area contributed by atoms with Crippen molar-refractivity contribution >= 4 is 23.2 Å². The molecule has 7 heteroatoms. The van der Waals surface area contributed by atoms with Crippen LogP contribution in [0.5, 0.6) is 0 Å². The second kappa shape index (κ2) is 6.69. The fourth-order valence-corrected chi connectivity index (χ4v) is 4.52. The van der Waals surface area contributed by atoms with Crippen molar-refractivity contribution in [3.8, 4) is 0 Å². The number of fused-ring (bicyclic) bond motifs is 3. The molecule has 0 spiro atoms. The fraction of sp³-hybridized carbons (Fsp3) is 0.273. The predicted octanol–water partition coefficient (Wildman–Crippen LogP) is 3.63. The molecule has 1 aliphatic carbocycles. The Bertz CT molecular complexity index is 1030. The van der Waals surface area contributed by atoms with E-state index in [-0.39, 0.29) is 48.6 Å². The SMILES string of the molecule is O=C1Nc2ccc(F)cc2CN1CC(=O)N1C[C@@H]2C=C(c3ccc(F)cc3)[C@H]1C2. The molecule has 1 N–H and O–H groups in total. The van der Waals surface area contributed by atoms with Crippen molar-refractivity contribution in [3.63, 3.8) is 0 Å². The van der Waals surface area contributed by atoms with Crippen LogP contribution in [0, 0.1) is 17.6 Å². The summed E-state index contributed by atoms with van der Waals surface area (Å²) >= 11 is 0. The standard InChI is InChI=1S/C22H19F2N3O2/c23-16-3-1-14(2-4-16)18-7-13-8-20(18)27(10-13)21(28)12-26-11-15-9-17(24)5-6-19(15)25-22(26)29/h1-7,9,13,20H,8,10-12H2,(H,25,29)/t13-,20-/m1/s1. The number of nitrogens with one attached hydrogen (secondary N) is 1. The number of likely N-dealkylation sites (tertiary alicyclic amines) is 1. The zero-order chi connectivity index (χ0) is 20.1. The Kier molecular flexibility index (Phi) is 4.12. The minimum absolute atomic E-state index is 0.0597. The van der Waals surface area contributed by atoms with Crippen LogP contribution in [0.25, 0.3) is 5.57 Å². The maximum Gasteiger partial charge on any atom is 0.322 e. The number of benzene rings is 2. The highest BCUT2D eigenvalue weighted by molar-refractivity contribution is 5.95. The van der Waals surface area contributed by atoms with E-state index < -0.39 is 0 Å². The number of urea groups is 1. The Morgan fingerprint density at radius 2 is 1.86 bits per heavy atom. The van der Waals surface area contributed by atoms with E-state index >= 15 is 0 Å². The average molecular weight is 395 g/mol. The van der Waals surface area contributed by atoms with Crippen molar-refractivity contribution in [3.05, 3.63) is 71.3 Å². The summed E-state index contributed by atoms with van der Waals surface area (Å²) in [6.45, 7) is 0.740. The number of nitrogens with zero attached hydrogens (tertiary/aromatic N) is 2. The Morgan fingerprint density at radius 3 is 2.62 bits per heavy atom. The molecule has 2 bridgehead atoms. The minimum atomic E-state index is -0.378. The lowest BCUT2D eigenvalue weighted by molar-refractivity contribution is -0.132. The second-order valence-electron chi connectivity index (χ2n) is 7.77. The summed E-state index contributed by atoms with van der Waals surface area (Å²) in [5.41, 5.74) is 3.16. The first-order valence-electron chi connectivity index (χ1n) is 9.59. The highest BCUT2D eigenvalue weighted by Crippen LogP contribution is 2.41. The van der Waals surface area contributed by atoms with Crippen molar-refractivity contribution in [2.75, 3.05) is 18.4 Å². The highest BCUT2D eigenvalue weighted by atomic mass is 19.1. The van der Waals surface area contributed by atoms with Gasteiger partial charge in [0.15, 0.2) is 0 Å². The number of carbonyl (C=O) groups is 2. The van der Waals surface area contributed by atoms with E-state index in [0.29, 0.717) is 17.8 Å². The first-order valence-corrected chi connectivity index (χ1v) is 9.59. The quantitative estimate of drug-likeness (QED) is 0.863. The summed E-state index contributed by atoms with van der Waals surface area (Å²) in [5, 5.41) is 2.71. The molecule has 2 aromatic rings. The van der Waals surface area contributed by atoms with Crippen molar-refractivity contribution in [1.82, 2.24) is 9.80 Å². The minimum Gasteiger partial charge on any atom is -0.333 e. The van der Waals surface area contributed by atoms with Crippen LogP contribution in [0.2, 0.25) is 0 Å². The van der Waals surface area contributed by atoms with Gasteiger partial charge in [0, 0.05) is 12.2 Å². The van der Waals surface area contributed by atoms with Gasteiger partial charge in [-0.1, -0.05) is 18.2 Å². The molecular weight excluding hydrogens is 376 g/mol. The van der Waals surface area contributed by atoms with Crippen LogP contribution in [-0.4, -0.2) is 40.9 Å². The molecule has 2 aliphatic heterocycles. The lowest BCUT2D eigenvalue weighted by atomic mass is 10.00. The third-order valence-corrected chi connectivity index (χ3v) is 5.89. The second-order valence-corrected chi connectivity index (χ2v) is 7.77. The molecule has 0 unspecified atom stereocenters. The van der Waals surface area contributed by atoms with Gasteiger partial charge < -0.3 is 15.1 Å². The molecule has 0 radical (unpaired) electrons. The molecule has 5 rings (SSSR count). The highest BCUT2D eigenvalue weighted by Gasteiger charge is 2.42. The van der Waals surface area contributed by atoms with Crippen LogP contribution < -0.4 is 5.32 Å². The normalized spacial score (nSPS) is 22.4. The Hall–Kier alpha value is -3.22. The van der Waals surface area contributed by atoms with Crippen molar-refractivity contribution in [1.29, 1.82) is 0 Å². The number of hydrogen-bond acceptors (Lipinski definition) is 2. The Balaban J connectivity index is 1.31. The maximum atomic E-state index is 13.5. The monoisotopic (exact) mass is 395 g/mol. The number of hydrogen-bond donors (Lipinski definition) is 1. The summed E-state index contributed by atoms with van der Waals surface area (Å²) in [6.07, 6.45) is 3.01. The Labute approximate surface area is 166 Å². The molecule has 5 nitrogen and oxygen atoms in total. The lowest BCUT2D eigenvalue weighted by Gasteiger charge is -2.33. The maximum absolute atomic E-state index is 13.5. The molecule has 2 aromatic carbocycles. The van der Waals surface area contributed by atoms with Crippen LogP contribution in [0.15, 0.2) is 48.5 Å². The summed E-state index contributed by atoms with van der Waals surface area (Å²) in [4.78, 5) is 28.6. The average Bonchev–Trinajstić information content (AvgIpc) is 3.30. The zero-order valence-electron chi connectivity index (χ0n) is 15.6. The molecule has 0 aromatic heterocycles. The van der Waals surface area contributed by atoms with E-state index in [1.165, 1.54) is 35.2 Å². The molecular formula is C22H19F2N3O2. The van der Waals surface area contributed by atoms with E-state index in [0.717, 1.165) is 17.6 Å². The third kappa shape index (κ3) is 3.16. The molecule has 1 fully saturated rings. The van der Waals surface area contributed by atoms with E-state index in [1.54, 1.807) is 17.0 Å². The molecule has 0 saturated carbocycles. The van der Waals surface area contributed by atoms with Crippen LogP contribution in [-0.2, 0) is 11.3 Å². The van der Waals surface area contributed by atoms with Crippen LogP contribution in [0.4, 0.5) is 19.3 Å². The number of halogens is 2. The van der Waals surface area contributed by atoms with Gasteiger partial charge in [0.25, 0.3) is 0 Å². The largest absolute Gasteiger partial charge is 0.333 e. The first kappa shape index (κ1) is 17.8. The smallest absolute Gasteiger partial charge is 0.322 e. The molecule has 2 atom stereocenters. The van der Waals surface area contributed by atoms with Gasteiger partial charge in [-0.05, 0) is 59.4 Å².